The Balaban J connectivity index is 3.08. The van der Waals surface area contributed by atoms with E-state index in [9.17, 15) is 0 Å². The van der Waals surface area contributed by atoms with E-state index >= 15 is 0 Å². The molecule has 0 unspecified atom stereocenters. The zero-order valence-corrected chi connectivity index (χ0v) is 15.7. The molecular formula is C21H42NO. The van der Waals surface area contributed by atoms with E-state index in [1.165, 1.54) is 83.5 Å². The second-order valence-corrected chi connectivity index (χ2v) is 6.80. The molecule has 0 atom stereocenters. The predicted octanol–water partition coefficient (Wildman–Crippen LogP) is 6.29. The van der Waals surface area contributed by atoms with Crippen molar-refractivity contribution in [3.63, 3.8) is 0 Å². The fourth-order valence-corrected chi connectivity index (χ4v) is 2.90. The van der Waals surface area contributed by atoms with Crippen LogP contribution in [0, 0.1) is 6.42 Å². The highest BCUT2D eigenvalue weighted by molar-refractivity contribution is 4.96. The number of hydrogen-bond acceptors (Lipinski definition) is 2. The molecule has 0 aliphatic heterocycles. The largest absolute Gasteiger partial charge is 0.402 e. The maximum atomic E-state index is 8.71. The van der Waals surface area contributed by atoms with Gasteiger partial charge in [0.2, 0.25) is 0 Å². The van der Waals surface area contributed by atoms with Crippen molar-refractivity contribution in [3.8, 4) is 0 Å². The molecule has 0 saturated heterocycles. The van der Waals surface area contributed by atoms with E-state index in [0.29, 0.717) is 6.42 Å². The van der Waals surface area contributed by atoms with Crippen molar-refractivity contribution in [1.82, 2.24) is 0 Å². The van der Waals surface area contributed by atoms with E-state index < -0.39 is 0 Å². The second-order valence-electron chi connectivity index (χ2n) is 6.80. The summed E-state index contributed by atoms with van der Waals surface area (Å²) in [6, 6.07) is 0. The van der Waals surface area contributed by atoms with Crippen LogP contribution in [-0.4, -0.2) is 11.7 Å². The van der Waals surface area contributed by atoms with Crippen LogP contribution in [0.4, 0.5) is 0 Å². The Bertz CT molecular complexity index is 250. The van der Waals surface area contributed by atoms with Gasteiger partial charge in [-0.15, -0.1) is 0 Å². The first kappa shape index (κ1) is 22.5. The van der Waals surface area contributed by atoms with Gasteiger partial charge < -0.3 is 10.8 Å². The number of aliphatic hydroxyl groups is 1. The zero-order chi connectivity index (χ0) is 17.0. The number of nitrogens with two attached hydrogens (primary N) is 1. The van der Waals surface area contributed by atoms with Crippen LogP contribution >= 0.6 is 0 Å². The van der Waals surface area contributed by atoms with Crippen LogP contribution in [0.25, 0.3) is 0 Å². The normalized spacial score (nSPS) is 12.0. The Morgan fingerprint density at radius 3 is 1.83 bits per heavy atom. The molecule has 3 N–H and O–H groups in total. The third kappa shape index (κ3) is 19.5. The van der Waals surface area contributed by atoms with Crippen LogP contribution in [0.5, 0.6) is 0 Å². The molecule has 23 heavy (non-hydrogen) atoms. The van der Waals surface area contributed by atoms with Crippen LogP contribution in [0.15, 0.2) is 11.8 Å². The molecule has 0 aliphatic rings. The molecule has 0 bridgehead atoms. The Labute approximate surface area is 145 Å². The van der Waals surface area contributed by atoms with Gasteiger partial charge >= 0.3 is 0 Å². The van der Waals surface area contributed by atoms with Crippen molar-refractivity contribution in [2.75, 3.05) is 6.61 Å². The van der Waals surface area contributed by atoms with Gasteiger partial charge in [0.05, 0.1) is 0 Å². The van der Waals surface area contributed by atoms with Gasteiger partial charge in [-0.1, -0.05) is 90.0 Å². The minimum absolute atomic E-state index is 0.200. The zero-order valence-electron chi connectivity index (χ0n) is 15.7. The fraction of sp³-hybridized carbons (Fsp3) is 0.857. The molecule has 2 nitrogen and oxygen atoms in total. The molecule has 0 spiro atoms. The van der Waals surface area contributed by atoms with Gasteiger partial charge in [-0.05, 0) is 32.1 Å². The standard InChI is InChI=1S/C21H42NO/c1-2-3-4-5-6-7-8-9-10-11-12-13-14-15-16-18-21(22)19-17-20-23/h14,19,23H,2-13,15-18,20,22H2,1H3. The van der Waals surface area contributed by atoms with Crippen molar-refractivity contribution in [3.05, 3.63) is 18.2 Å². The summed E-state index contributed by atoms with van der Waals surface area (Å²) in [5, 5.41) is 8.71. The molecule has 0 aromatic carbocycles. The summed E-state index contributed by atoms with van der Waals surface area (Å²) in [4.78, 5) is 0. The molecule has 1 radical (unpaired) electrons. The van der Waals surface area contributed by atoms with Crippen LogP contribution in [0.2, 0.25) is 0 Å². The van der Waals surface area contributed by atoms with E-state index in [0.717, 1.165) is 18.5 Å². The first-order valence-corrected chi connectivity index (χ1v) is 10.2. The van der Waals surface area contributed by atoms with Crippen molar-refractivity contribution >= 4 is 0 Å². The molecular weight excluding hydrogens is 282 g/mol. The Morgan fingerprint density at radius 2 is 1.26 bits per heavy atom. The van der Waals surface area contributed by atoms with E-state index in [2.05, 4.69) is 13.3 Å². The lowest BCUT2D eigenvalue weighted by Crippen LogP contribution is -1.97. The summed E-state index contributed by atoms with van der Waals surface area (Å²) in [6.07, 6.45) is 25.2. The van der Waals surface area contributed by atoms with Gasteiger partial charge in [-0.3, -0.25) is 0 Å². The number of allylic oxidation sites excluding steroid dienone is 1. The SMILES string of the molecule is CCCCCCCCCCCCC[CH]CCCC(N)=CCCO. The molecule has 0 aromatic rings. The van der Waals surface area contributed by atoms with Crippen molar-refractivity contribution < 1.29 is 5.11 Å². The quantitative estimate of drug-likeness (QED) is 0.291. The van der Waals surface area contributed by atoms with Crippen LogP contribution in [0.1, 0.15) is 110 Å². The lowest BCUT2D eigenvalue weighted by atomic mass is 10.0. The lowest BCUT2D eigenvalue weighted by molar-refractivity contribution is 0.302. The third-order valence-corrected chi connectivity index (χ3v) is 4.42. The van der Waals surface area contributed by atoms with E-state index in [-0.39, 0.29) is 6.61 Å². The Morgan fingerprint density at radius 1 is 0.739 bits per heavy atom. The van der Waals surface area contributed by atoms with Gasteiger partial charge in [0.25, 0.3) is 0 Å². The molecule has 0 aliphatic carbocycles. The van der Waals surface area contributed by atoms with Gasteiger partial charge in [-0.2, -0.15) is 0 Å². The molecule has 137 valence electrons. The van der Waals surface area contributed by atoms with Gasteiger partial charge in [0.15, 0.2) is 0 Å². The van der Waals surface area contributed by atoms with Crippen LogP contribution in [-0.2, 0) is 0 Å². The molecule has 0 heterocycles. The monoisotopic (exact) mass is 324 g/mol. The predicted molar refractivity (Wildman–Crippen MR) is 103 cm³/mol. The summed E-state index contributed by atoms with van der Waals surface area (Å²) in [7, 11) is 0. The summed E-state index contributed by atoms with van der Waals surface area (Å²) >= 11 is 0. The Kier molecular flexibility index (Phi) is 19.1. The highest BCUT2D eigenvalue weighted by Gasteiger charge is 1.95. The topological polar surface area (TPSA) is 46.2 Å². The maximum absolute atomic E-state index is 8.71. The fourth-order valence-electron chi connectivity index (χ4n) is 2.90. The summed E-state index contributed by atoms with van der Waals surface area (Å²) in [5.41, 5.74) is 6.78. The highest BCUT2D eigenvalue weighted by atomic mass is 16.2. The molecule has 0 fully saturated rings. The van der Waals surface area contributed by atoms with Crippen molar-refractivity contribution in [2.45, 2.75) is 110 Å². The summed E-state index contributed by atoms with van der Waals surface area (Å²) in [5.74, 6) is 0. The van der Waals surface area contributed by atoms with Crippen molar-refractivity contribution in [2.24, 2.45) is 5.73 Å². The van der Waals surface area contributed by atoms with E-state index in [1.54, 1.807) is 0 Å². The molecule has 0 amide bonds. The smallest absolute Gasteiger partial charge is 0.0466 e. The molecule has 0 saturated carbocycles. The van der Waals surface area contributed by atoms with Gasteiger partial charge in [-0.25, -0.2) is 0 Å². The first-order chi connectivity index (χ1) is 11.3. The van der Waals surface area contributed by atoms with E-state index in [4.69, 9.17) is 10.8 Å². The lowest BCUT2D eigenvalue weighted by Gasteiger charge is -2.04. The average molecular weight is 325 g/mol. The number of unbranched alkanes of at least 4 members (excludes halogenated alkanes) is 14. The van der Waals surface area contributed by atoms with Crippen molar-refractivity contribution in [1.29, 1.82) is 0 Å². The first-order valence-electron chi connectivity index (χ1n) is 10.2. The summed E-state index contributed by atoms with van der Waals surface area (Å²) < 4.78 is 0. The van der Waals surface area contributed by atoms with Gasteiger partial charge in [0, 0.05) is 12.3 Å². The van der Waals surface area contributed by atoms with E-state index in [1.807, 2.05) is 6.08 Å². The minimum Gasteiger partial charge on any atom is -0.402 e. The number of rotatable bonds is 18. The van der Waals surface area contributed by atoms with Crippen LogP contribution in [0.3, 0.4) is 0 Å². The molecule has 0 aromatic heterocycles. The number of hydrogen-bond donors (Lipinski definition) is 2. The molecule has 0 rings (SSSR count). The highest BCUT2D eigenvalue weighted by Crippen LogP contribution is 2.13. The minimum atomic E-state index is 0.200. The Hall–Kier alpha value is -0.500. The second kappa shape index (κ2) is 19.5. The average Bonchev–Trinajstić information content (AvgIpc) is 2.56. The molecule has 2 heteroatoms. The summed E-state index contributed by atoms with van der Waals surface area (Å²) in [6.45, 7) is 2.48. The maximum Gasteiger partial charge on any atom is 0.0466 e. The third-order valence-electron chi connectivity index (χ3n) is 4.42. The van der Waals surface area contributed by atoms with Gasteiger partial charge in [0.1, 0.15) is 0 Å². The number of aliphatic hydroxyl groups excluding tert-OH is 1. The van der Waals surface area contributed by atoms with Crippen LogP contribution < -0.4 is 5.73 Å².